The Morgan fingerprint density at radius 2 is 1.50 bits per heavy atom. The van der Waals surface area contributed by atoms with Gasteiger partial charge in [0.1, 0.15) is 5.60 Å². The second-order valence-corrected chi connectivity index (χ2v) is 3.81. The minimum Gasteiger partial charge on any atom is -0.478 e. The lowest BCUT2D eigenvalue weighted by molar-refractivity contribution is -0.133. The van der Waals surface area contributed by atoms with E-state index in [1.165, 1.54) is 26.0 Å². The Morgan fingerprint density at radius 1 is 1.11 bits per heavy atom. The van der Waals surface area contributed by atoms with Crippen molar-refractivity contribution in [1.82, 2.24) is 0 Å². The molecule has 6 nitrogen and oxygen atoms in total. The van der Waals surface area contributed by atoms with Crippen LogP contribution in [0.25, 0.3) is 0 Å². The van der Waals surface area contributed by atoms with Crippen molar-refractivity contribution in [3.8, 4) is 0 Å². The summed E-state index contributed by atoms with van der Waals surface area (Å²) in [5.74, 6) is -2.32. The first kappa shape index (κ1) is 16.3. The Hall–Kier alpha value is -1.66. The van der Waals surface area contributed by atoms with Crippen LogP contribution in [-0.4, -0.2) is 46.1 Å². The summed E-state index contributed by atoms with van der Waals surface area (Å²) in [6, 6.07) is 0. The molecular formula is C12H18O6. The molecule has 0 aliphatic carbocycles. The van der Waals surface area contributed by atoms with Gasteiger partial charge in [-0.1, -0.05) is 0 Å². The molecule has 0 saturated carbocycles. The van der Waals surface area contributed by atoms with Crippen LogP contribution in [-0.2, 0) is 14.3 Å². The highest BCUT2D eigenvalue weighted by atomic mass is 16.5. The van der Waals surface area contributed by atoms with Crippen LogP contribution in [0.1, 0.15) is 20.8 Å². The number of aliphatic hydroxyl groups is 1. The second kappa shape index (κ2) is 6.93. The van der Waals surface area contributed by atoms with Gasteiger partial charge in [0.05, 0.1) is 6.61 Å². The predicted molar refractivity (Wildman–Crippen MR) is 64.2 cm³/mol. The molecule has 0 rings (SSSR count). The van der Waals surface area contributed by atoms with Crippen LogP contribution < -0.4 is 0 Å². The third-order valence-electron chi connectivity index (χ3n) is 2.26. The van der Waals surface area contributed by atoms with Gasteiger partial charge in [-0.15, -0.1) is 0 Å². The topological polar surface area (TPSA) is 104 Å². The van der Waals surface area contributed by atoms with Crippen LogP contribution in [0.3, 0.4) is 0 Å². The highest BCUT2D eigenvalue weighted by Crippen LogP contribution is 2.19. The first-order valence-corrected chi connectivity index (χ1v) is 5.38. The average molecular weight is 258 g/mol. The molecule has 0 amide bonds. The predicted octanol–water partition coefficient (Wildman–Crippen LogP) is 0.816. The molecule has 0 aliphatic heterocycles. The maximum Gasteiger partial charge on any atom is 0.331 e. The number of aliphatic hydroxyl groups excluding tert-OH is 1. The summed E-state index contributed by atoms with van der Waals surface area (Å²) < 4.78 is 5.29. The van der Waals surface area contributed by atoms with Crippen LogP contribution in [0, 0.1) is 0 Å². The largest absolute Gasteiger partial charge is 0.478 e. The fourth-order valence-electron chi connectivity index (χ4n) is 1.39. The fourth-order valence-corrected chi connectivity index (χ4v) is 1.39. The summed E-state index contributed by atoms with van der Waals surface area (Å²) in [7, 11) is 0. The van der Waals surface area contributed by atoms with E-state index in [2.05, 4.69) is 0 Å². The Morgan fingerprint density at radius 3 is 1.72 bits per heavy atom. The van der Waals surface area contributed by atoms with Crippen molar-refractivity contribution in [3.63, 3.8) is 0 Å². The van der Waals surface area contributed by atoms with Gasteiger partial charge in [-0.2, -0.15) is 0 Å². The minimum atomic E-state index is -1.43. The zero-order valence-corrected chi connectivity index (χ0v) is 10.6. The highest BCUT2D eigenvalue weighted by molar-refractivity contribution is 5.87. The van der Waals surface area contributed by atoms with Crippen molar-refractivity contribution >= 4 is 11.9 Å². The monoisotopic (exact) mass is 258 g/mol. The summed E-state index contributed by atoms with van der Waals surface area (Å²) >= 11 is 0. The van der Waals surface area contributed by atoms with E-state index >= 15 is 0 Å². The van der Waals surface area contributed by atoms with Gasteiger partial charge in [-0.05, 0) is 32.9 Å². The van der Waals surface area contributed by atoms with Crippen LogP contribution in [0.2, 0.25) is 0 Å². The molecule has 18 heavy (non-hydrogen) atoms. The van der Waals surface area contributed by atoms with E-state index < -0.39 is 24.1 Å². The van der Waals surface area contributed by atoms with E-state index in [1.807, 2.05) is 0 Å². The number of carboxylic acid groups (broad SMARTS) is 2. The lowest BCUT2D eigenvalue weighted by Crippen LogP contribution is -2.34. The molecule has 0 aromatic rings. The maximum absolute atomic E-state index is 10.8. The summed E-state index contributed by atoms with van der Waals surface area (Å²) in [6.45, 7) is 4.01. The zero-order valence-electron chi connectivity index (χ0n) is 10.6. The molecule has 0 fully saturated rings. The Kier molecular flexibility index (Phi) is 6.29. The first-order chi connectivity index (χ1) is 8.28. The molecule has 0 aromatic heterocycles. The average Bonchev–Trinajstić information content (AvgIpc) is 2.28. The molecule has 0 aromatic carbocycles. The first-order valence-electron chi connectivity index (χ1n) is 5.38. The minimum absolute atomic E-state index is 0.0352. The molecule has 0 unspecified atom stereocenters. The van der Waals surface area contributed by atoms with E-state index in [0.717, 1.165) is 0 Å². The molecular weight excluding hydrogens is 240 g/mol. The van der Waals surface area contributed by atoms with Crippen LogP contribution in [0.4, 0.5) is 0 Å². The molecule has 102 valence electrons. The van der Waals surface area contributed by atoms with Gasteiger partial charge in [0.15, 0.2) is 0 Å². The SMILES string of the molecule is CCOC(C=C(C)C(=O)O)(C=C(C)C(=O)O)CO. The van der Waals surface area contributed by atoms with E-state index in [4.69, 9.17) is 14.9 Å². The molecule has 0 spiro atoms. The van der Waals surface area contributed by atoms with Gasteiger partial charge in [0, 0.05) is 17.8 Å². The Balaban J connectivity index is 5.56. The number of carbonyl (C=O) groups is 2. The smallest absolute Gasteiger partial charge is 0.331 e. The lowest BCUT2D eigenvalue weighted by Gasteiger charge is -2.26. The summed E-state index contributed by atoms with van der Waals surface area (Å²) in [5, 5.41) is 27.0. The highest BCUT2D eigenvalue weighted by Gasteiger charge is 2.27. The maximum atomic E-state index is 10.8. The molecule has 0 aliphatic rings. The standard InChI is InChI=1S/C12H18O6/c1-4-18-12(7-13,5-8(2)10(14)15)6-9(3)11(16)17/h5-6,13H,4,7H2,1-3H3,(H,14,15)(H,16,17). The number of ether oxygens (including phenoxy) is 1. The van der Waals surface area contributed by atoms with Gasteiger partial charge >= 0.3 is 11.9 Å². The number of hydrogen-bond donors (Lipinski definition) is 3. The Bertz CT molecular complexity index is 350. The molecule has 0 bridgehead atoms. The normalized spacial score (nSPS) is 16.2. The van der Waals surface area contributed by atoms with Gasteiger partial charge in [0.2, 0.25) is 0 Å². The third-order valence-corrected chi connectivity index (χ3v) is 2.26. The molecule has 0 atom stereocenters. The second-order valence-electron chi connectivity index (χ2n) is 3.81. The van der Waals surface area contributed by atoms with Crippen molar-refractivity contribution in [2.75, 3.05) is 13.2 Å². The van der Waals surface area contributed by atoms with Gasteiger partial charge in [0.25, 0.3) is 0 Å². The molecule has 0 heterocycles. The van der Waals surface area contributed by atoms with E-state index in [1.54, 1.807) is 6.92 Å². The van der Waals surface area contributed by atoms with Crippen molar-refractivity contribution in [2.45, 2.75) is 26.4 Å². The molecule has 3 N–H and O–H groups in total. The van der Waals surface area contributed by atoms with E-state index in [9.17, 15) is 14.7 Å². The number of aliphatic carboxylic acids is 2. The molecule has 6 heteroatoms. The molecule has 0 radical (unpaired) electrons. The third kappa shape index (κ3) is 4.68. The summed E-state index contributed by atoms with van der Waals surface area (Å²) in [4.78, 5) is 21.5. The van der Waals surface area contributed by atoms with E-state index in [0.29, 0.717) is 0 Å². The number of rotatable bonds is 7. The van der Waals surface area contributed by atoms with Crippen LogP contribution >= 0.6 is 0 Å². The van der Waals surface area contributed by atoms with Crippen LogP contribution in [0.5, 0.6) is 0 Å². The number of carboxylic acids is 2. The van der Waals surface area contributed by atoms with Crippen molar-refractivity contribution in [2.24, 2.45) is 0 Å². The molecule has 0 saturated heterocycles. The summed E-state index contributed by atoms with van der Waals surface area (Å²) in [5.41, 5.74) is -1.50. The number of hydrogen-bond acceptors (Lipinski definition) is 4. The van der Waals surface area contributed by atoms with Gasteiger partial charge in [-0.3, -0.25) is 0 Å². The van der Waals surface area contributed by atoms with Crippen LogP contribution in [0.15, 0.2) is 23.3 Å². The van der Waals surface area contributed by atoms with Crippen molar-refractivity contribution in [1.29, 1.82) is 0 Å². The van der Waals surface area contributed by atoms with E-state index in [-0.39, 0.29) is 17.8 Å². The van der Waals surface area contributed by atoms with Gasteiger partial charge < -0.3 is 20.1 Å². The quantitative estimate of drug-likeness (QED) is 0.584. The van der Waals surface area contributed by atoms with Crippen molar-refractivity contribution in [3.05, 3.63) is 23.3 Å². The fraction of sp³-hybridized carbons (Fsp3) is 0.500. The Labute approximate surface area is 105 Å². The van der Waals surface area contributed by atoms with Crippen molar-refractivity contribution < 1.29 is 29.6 Å². The zero-order chi connectivity index (χ0) is 14.3. The summed E-state index contributed by atoms with van der Waals surface area (Å²) in [6.07, 6.45) is 2.40. The lowest BCUT2D eigenvalue weighted by atomic mass is 9.98. The van der Waals surface area contributed by atoms with Gasteiger partial charge in [-0.25, -0.2) is 9.59 Å².